The average Bonchev–Trinajstić information content (AvgIpc) is 2.69. The molecule has 3 rings (SSSR count). The fourth-order valence-corrected chi connectivity index (χ4v) is 4.74. The SMILES string of the molecule is Cc1cc(C)cc(N(CC(=O)Nc2ccc(C)c(Cl)c2)S(=O)(=O)c2ccccc2)c1. The molecule has 3 aromatic rings. The molecule has 0 saturated heterocycles. The van der Waals surface area contributed by atoms with E-state index < -0.39 is 15.9 Å². The van der Waals surface area contributed by atoms with Crippen molar-refractivity contribution in [3.8, 4) is 0 Å². The van der Waals surface area contributed by atoms with Gasteiger partial charge in [-0.05, 0) is 73.9 Å². The number of carbonyl (C=O) groups is 1. The first-order valence-electron chi connectivity index (χ1n) is 9.39. The first kappa shape index (κ1) is 21.9. The van der Waals surface area contributed by atoms with Crippen molar-refractivity contribution >= 4 is 38.9 Å². The number of aryl methyl sites for hydroxylation is 3. The third-order valence-electron chi connectivity index (χ3n) is 4.57. The second-order valence-electron chi connectivity index (χ2n) is 7.18. The lowest BCUT2D eigenvalue weighted by molar-refractivity contribution is -0.114. The van der Waals surface area contributed by atoms with Gasteiger partial charge in [0, 0.05) is 10.7 Å². The average molecular weight is 443 g/mol. The van der Waals surface area contributed by atoms with Gasteiger partial charge in [-0.15, -0.1) is 0 Å². The topological polar surface area (TPSA) is 66.5 Å². The summed E-state index contributed by atoms with van der Waals surface area (Å²) >= 11 is 6.13. The molecule has 0 unspecified atom stereocenters. The summed E-state index contributed by atoms with van der Waals surface area (Å²) in [5.74, 6) is -0.464. The van der Waals surface area contributed by atoms with Gasteiger partial charge in [0.05, 0.1) is 10.6 Å². The van der Waals surface area contributed by atoms with Crippen molar-refractivity contribution in [1.82, 2.24) is 0 Å². The van der Waals surface area contributed by atoms with Crippen molar-refractivity contribution < 1.29 is 13.2 Å². The van der Waals surface area contributed by atoms with Crippen LogP contribution in [-0.4, -0.2) is 20.9 Å². The summed E-state index contributed by atoms with van der Waals surface area (Å²) in [5.41, 5.74) is 3.65. The van der Waals surface area contributed by atoms with Gasteiger partial charge >= 0.3 is 0 Å². The van der Waals surface area contributed by atoms with Crippen LogP contribution in [0.5, 0.6) is 0 Å². The van der Waals surface area contributed by atoms with Gasteiger partial charge in [-0.2, -0.15) is 0 Å². The number of nitrogens with zero attached hydrogens (tertiary/aromatic N) is 1. The highest BCUT2D eigenvalue weighted by atomic mass is 35.5. The van der Waals surface area contributed by atoms with Crippen molar-refractivity contribution in [1.29, 1.82) is 0 Å². The highest BCUT2D eigenvalue weighted by molar-refractivity contribution is 7.92. The minimum absolute atomic E-state index is 0.121. The third-order valence-corrected chi connectivity index (χ3v) is 6.76. The number of halogens is 1. The van der Waals surface area contributed by atoms with E-state index in [1.165, 1.54) is 12.1 Å². The molecule has 1 N–H and O–H groups in total. The van der Waals surface area contributed by atoms with E-state index in [4.69, 9.17) is 11.6 Å². The molecule has 3 aromatic carbocycles. The fourth-order valence-electron chi connectivity index (χ4n) is 3.13. The zero-order valence-electron chi connectivity index (χ0n) is 17.0. The maximum atomic E-state index is 13.4. The maximum Gasteiger partial charge on any atom is 0.264 e. The predicted octanol–water partition coefficient (Wildman–Crippen LogP) is 5.10. The summed E-state index contributed by atoms with van der Waals surface area (Å²) in [5, 5.41) is 3.26. The van der Waals surface area contributed by atoms with Gasteiger partial charge in [0.2, 0.25) is 5.91 Å². The minimum atomic E-state index is -3.94. The second-order valence-corrected chi connectivity index (χ2v) is 9.45. The van der Waals surface area contributed by atoms with E-state index in [2.05, 4.69) is 5.32 Å². The zero-order valence-corrected chi connectivity index (χ0v) is 18.6. The summed E-state index contributed by atoms with van der Waals surface area (Å²) in [4.78, 5) is 12.9. The lowest BCUT2D eigenvalue weighted by Crippen LogP contribution is -2.38. The van der Waals surface area contributed by atoms with Crippen LogP contribution in [0.1, 0.15) is 16.7 Å². The fraction of sp³-hybridized carbons (Fsp3) is 0.174. The number of hydrogen-bond acceptors (Lipinski definition) is 3. The number of carbonyl (C=O) groups excluding carboxylic acids is 1. The van der Waals surface area contributed by atoms with Crippen LogP contribution >= 0.6 is 11.6 Å². The largest absolute Gasteiger partial charge is 0.324 e. The standard InChI is InChI=1S/C23H23ClN2O3S/c1-16-11-17(2)13-20(12-16)26(30(28,29)21-7-5-4-6-8-21)15-23(27)25-19-10-9-18(3)22(24)14-19/h4-14H,15H2,1-3H3,(H,25,27). The molecule has 0 aliphatic rings. The van der Waals surface area contributed by atoms with E-state index in [0.29, 0.717) is 16.4 Å². The minimum Gasteiger partial charge on any atom is -0.324 e. The van der Waals surface area contributed by atoms with Crippen molar-refractivity contribution in [2.24, 2.45) is 0 Å². The third kappa shape index (κ3) is 5.01. The Kier molecular flexibility index (Phi) is 6.48. The first-order chi connectivity index (χ1) is 14.2. The monoisotopic (exact) mass is 442 g/mol. The van der Waals surface area contributed by atoms with E-state index in [9.17, 15) is 13.2 Å². The van der Waals surface area contributed by atoms with Crippen LogP contribution < -0.4 is 9.62 Å². The highest BCUT2D eigenvalue weighted by Gasteiger charge is 2.27. The maximum absolute atomic E-state index is 13.4. The summed E-state index contributed by atoms with van der Waals surface area (Å²) in [6.07, 6.45) is 0. The molecular formula is C23H23ClN2O3S. The number of hydrogen-bond donors (Lipinski definition) is 1. The van der Waals surface area contributed by atoms with Crippen molar-refractivity contribution in [3.05, 3.63) is 88.4 Å². The van der Waals surface area contributed by atoms with E-state index in [1.807, 2.05) is 26.8 Å². The molecule has 0 radical (unpaired) electrons. The van der Waals surface area contributed by atoms with Gasteiger partial charge in [-0.3, -0.25) is 9.10 Å². The number of sulfonamides is 1. The van der Waals surface area contributed by atoms with Crippen molar-refractivity contribution in [2.75, 3.05) is 16.2 Å². The van der Waals surface area contributed by atoms with Crippen LogP contribution in [0.3, 0.4) is 0 Å². The molecule has 5 nitrogen and oxygen atoms in total. The molecular weight excluding hydrogens is 420 g/mol. The Morgan fingerprint density at radius 2 is 1.57 bits per heavy atom. The molecule has 1 amide bonds. The van der Waals surface area contributed by atoms with Crippen LogP contribution in [0, 0.1) is 20.8 Å². The number of amides is 1. The zero-order chi connectivity index (χ0) is 21.9. The van der Waals surface area contributed by atoms with Gasteiger partial charge in [-0.25, -0.2) is 8.42 Å². The second kappa shape index (κ2) is 8.90. The molecule has 0 aliphatic heterocycles. The lowest BCUT2D eigenvalue weighted by Gasteiger charge is -2.25. The Bertz CT molecular complexity index is 1160. The van der Waals surface area contributed by atoms with Crippen LogP contribution in [0.15, 0.2) is 71.6 Å². The van der Waals surface area contributed by atoms with E-state index >= 15 is 0 Å². The Morgan fingerprint density at radius 1 is 0.933 bits per heavy atom. The van der Waals surface area contributed by atoms with Gasteiger partial charge in [0.1, 0.15) is 6.54 Å². The number of anilines is 2. The van der Waals surface area contributed by atoms with Crippen LogP contribution in [-0.2, 0) is 14.8 Å². The molecule has 0 fully saturated rings. The van der Waals surface area contributed by atoms with Gasteiger partial charge < -0.3 is 5.32 Å². The number of rotatable bonds is 6. The molecule has 0 saturated carbocycles. The molecule has 30 heavy (non-hydrogen) atoms. The Hall–Kier alpha value is -2.83. The van der Waals surface area contributed by atoms with Gasteiger partial charge in [0.15, 0.2) is 0 Å². The normalized spacial score (nSPS) is 11.2. The lowest BCUT2D eigenvalue weighted by atomic mass is 10.1. The Morgan fingerprint density at radius 3 is 2.17 bits per heavy atom. The summed E-state index contributed by atoms with van der Waals surface area (Å²) < 4.78 is 27.9. The molecule has 0 atom stereocenters. The van der Waals surface area contributed by atoms with Crippen LogP contribution in [0.25, 0.3) is 0 Å². The first-order valence-corrected chi connectivity index (χ1v) is 11.2. The van der Waals surface area contributed by atoms with Crippen LogP contribution in [0.4, 0.5) is 11.4 Å². The molecule has 0 aromatic heterocycles. The van der Waals surface area contributed by atoms with Crippen LogP contribution in [0.2, 0.25) is 5.02 Å². The quantitative estimate of drug-likeness (QED) is 0.577. The number of nitrogens with one attached hydrogen (secondary N) is 1. The molecule has 0 bridgehead atoms. The smallest absolute Gasteiger partial charge is 0.264 e. The van der Waals surface area contributed by atoms with E-state index in [-0.39, 0.29) is 11.4 Å². The molecule has 0 spiro atoms. The molecule has 7 heteroatoms. The van der Waals surface area contributed by atoms with Gasteiger partial charge in [-0.1, -0.05) is 41.9 Å². The van der Waals surface area contributed by atoms with Crippen molar-refractivity contribution in [2.45, 2.75) is 25.7 Å². The van der Waals surface area contributed by atoms with Gasteiger partial charge in [0.25, 0.3) is 10.0 Å². The summed E-state index contributed by atoms with van der Waals surface area (Å²) in [6, 6.07) is 18.7. The number of benzene rings is 3. The highest BCUT2D eigenvalue weighted by Crippen LogP contribution is 2.26. The Labute approximate surface area is 182 Å². The summed E-state index contributed by atoms with van der Waals surface area (Å²) in [7, 11) is -3.94. The summed E-state index contributed by atoms with van der Waals surface area (Å²) in [6.45, 7) is 5.27. The van der Waals surface area contributed by atoms with E-state index in [0.717, 1.165) is 21.0 Å². The van der Waals surface area contributed by atoms with E-state index in [1.54, 1.807) is 48.5 Å². The molecule has 156 valence electrons. The van der Waals surface area contributed by atoms with Crippen molar-refractivity contribution in [3.63, 3.8) is 0 Å². The predicted molar refractivity (Wildman–Crippen MR) is 122 cm³/mol. The molecule has 0 aliphatic carbocycles. The Balaban J connectivity index is 1.97. The molecule has 0 heterocycles.